The van der Waals surface area contributed by atoms with E-state index in [0.29, 0.717) is 19.4 Å². The van der Waals surface area contributed by atoms with E-state index in [2.05, 4.69) is 0 Å². The third-order valence-electron chi connectivity index (χ3n) is 3.65. The van der Waals surface area contributed by atoms with Crippen molar-refractivity contribution in [1.29, 1.82) is 0 Å². The smallest absolute Gasteiger partial charge is 0.223 e. The summed E-state index contributed by atoms with van der Waals surface area (Å²) in [6.45, 7) is 2.37. The van der Waals surface area contributed by atoms with Gasteiger partial charge in [-0.25, -0.2) is 0 Å². The highest BCUT2D eigenvalue weighted by atomic mass is 16.5. The molecule has 0 spiro atoms. The van der Waals surface area contributed by atoms with Crippen LogP contribution in [0.25, 0.3) is 0 Å². The summed E-state index contributed by atoms with van der Waals surface area (Å²) in [5.74, 6) is 3.17. The molecule has 0 aliphatic carbocycles. The van der Waals surface area contributed by atoms with Gasteiger partial charge in [-0.2, -0.15) is 0 Å². The molecule has 0 saturated carbocycles. The normalized spacial score (nSPS) is 10.4. The van der Waals surface area contributed by atoms with E-state index in [1.807, 2.05) is 37.3 Å². The van der Waals surface area contributed by atoms with E-state index < -0.39 is 0 Å². The Kier molecular flexibility index (Phi) is 5.68. The molecule has 1 aromatic heterocycles. The minimum Gasteiger partial charge on any atom is -0.497 e. The molecular formula is C18H23NO4. The Hall–Kier alpha value is -2.43. The fourth-order valence-electron chi connectivity index (χ4n) is 2.34. The number of furan rings is 1. The molecule has 1 amide bonds. The summed E-state index contributed by atoms with van der Waals surface area (Å²) in [7, 11) is 5.01. The lowest BCUT2D eigenvalue weighted by Crippen LogP contribution is -2.26. The molecule has 0 atom stereocenters. The minimum atomic E-state index is 0.0702. The van der Waals surface area contributed by atoms with Gasteiger partial charge in [0, 0.05) is 19.5 Å². The average Bonchev–Trinajstić information content (AvgIpc) is 2.96. The number of hydrogen-bond donors (Lipinski definition) is 0. The molecule has 0 N–H and O–H groups in total. The lowest BCUT2D eigenvalue weighted by molar-refractivity contribution is -0.130. The van der Waals surface area contributed by atoms with Gasteiger partial charge in [0.2, 0.25) is 5.91 Å². The van der Waals surface area contributed by atoms with Gasteiger partial charge >= 0.3 is 0 Å². The number of aryl methyl sites for hydroxylation is 2. The third-order valence-corrected chi connectivity index (χ3v) is 3.65. The molecule has 124 valence electrons. The van der Waals surface area contributed by atoms with Gasteiger partial charge in [0.25, 0.3) is 0 Å². The van der Waals surface area contributed by atoms with E-state index in [-0.39, 0.29) is 5.91 Å². The predicted molar refractivity (Wildman–Crippen MR) is 87.8 cm³/mol. The van der Waals surface area contributed by atoms with Crippen molar-refractivity contribution in [3.63, 3.8) is 0 Å². The topological polar surface area (TPSA) is 51.9 Å². The van der Waals surface area contributed by atoms with Crippen LogP contribution < -0.4 is 9.47 Å². The Balaban J connectivity index is 1.93. The first-order chi connectivity index (χ1) is 11.0. The monoisotopic (exact) mass is 317 g/mol. The Bertz CT molecular complexity index is 641. The lowest BCUT2D eigenvalue weighted by Gasteiger charge is -2.16. The molecule has 0 aliphatic heterocycles. The van der Waals surface area contributed by atoms with Crippen LogP contribution in [0.3, 0.4) is 0 Å². The van der Waals surface area contributed by atoms with Gasteiger partial charge < -0.3 is 18.8 Å². The van der Waals surface area contributed by atoms with Crippen molar-refractivity contribution >= 4 is 5.91 Å². The van der Waals surface area contributed by atoms with Crippen molar-refractivity contribution in [2.45, 2.75) is 26.3 Å². The molecule has 1 aromatic carbocycles. The number of carbonyl (C=O) groups excluding carboxylic acids is 1. The van der Waals surface area contributed by atoms with Crippen LogP contribution in [0.5, 0.6) is 11.5 Å². The number of methoxy groups -OCH3 is 2. The highest BCUT2D eigenvalue weighted by Gasteiger charge is 2.12. The number of carbonyl (C=O) groups is 1. The van der Waals surface area contributed by atoms with E-state index in [1.54, 1.807) is 26.2 Å². The second-order valence-corrected chi connectivity index (χ2v) is 5.48. The maximum Gasteiger partial charge on any atom is 0.223 e. The van der Waals surface area contributed by atoms with Crippen LogP contribution in [0.1, 0.15) is 23.5 Å². The number of amides is 1. The van der Waals surface area contributed by atoms with Gasteiger partial charge in [-0.05, 0) is 43.2 Å². The Labute approximate surface area is 136 Å². The average molecular weight is 317 g/mol. The second-order valence-electron chi connectivity index (χ2n) is 5.48. The molecule has 0 unspecified atom stereocenters. The van der Waals surface area contributed by atoms with Crippen LogP contribution in [-0.4, -0.2) is 32.1 Å². The summed E-state index contributed by atoms with van der Waals surface area (Å²) in [6.07, 6.45) is 1.06. The Morgan fingerprint density at radius 2 is 1.78 bits per heavy atom. The zero-order valence-electron chi connectivity index (χ0n) is 14.1. The second kappa shape index (κ2) is 7.72. The molecule has 5 nitrogen and oxygen atoms in total. The SMILES string of the molecule is COc1cc(CCC(=O)N(C)Cc2ccc(C)o2)cc(OC)c1. The summed E-state index contributed by atoms with van der Waals surface area (Å²) in [6, 6.07) is 9.45. The maximum atomic E-state index is 12.3. The van der Waals surface area contributed by atoms with Crippen molar-refractivity contribution in [1.82, 2.24) is 4.90 Å². The van der Waals surface area contributed by atoms with Crippen molar-refractivity contribution < 1.29 is 18.7 Å². The molecule has 2 aromatic rings. The molecular weight excluding hydrogens is 294 g/mol. The maximum absolute atomic E-state index is 12.3. The summed E-state index contributed by atoms with van der Waals surface area (Å²) in [5.41, 5.74) is 1.01. The first kappa shape index (κ1) is 16.9. The van der Waals surface area contributed by atoms with Crippen molar-refractivity contribution in [2.75, 3.05) is 21.3 Å². The van der Waals surface area contributed by atoms with Crippen LogP contribution >= 0.6 is 0 Å². The molecule has 0 aliphatic rings. The van der Waals surface area contributed by atoms with Gasteiger partial charge in [-0.15, -0.1) is 0 Å². The van der Waals surface area contributed by atoms with E-state index in [0.717, 1.165) is 28.6 Å². The van der Waals surface area contributed by atoms with E-state index in [9.17, 15) is 4.79 Å². The molecule has 0 bridgehead atoms. The molecule has 1 heterocycles. The highest BCUT2D eigenvalue weighted by molar-refractivity contribution is 5.76. The van der Waals surface area contributed by atoms with Crippen molar-refractivity contribution in [3.8, 4) is 11.5 Å². The Morgan fingerprint density at radius 1 is 1.13 bits per heavy atom. The molecule has 2 rings (SSSR count). The lowest BCUT2D eigenvalue weighted by atomic mass is 10.1. The summed E-state index contributed by atoms with van der Waals surface area (Å²) >= 11 is 0. The number of ether oxygens (including phenoxy) is 2. The first-order valence-corrected chi connectivity index (χ1v) is 7.53. The quantitative estimate of drug-likeness (QED) is 0.787. The summed E-state index contributed by atoms with van der Waals surface area (Å²) in [5, 5.41) is 0. The summed E-state index contributed by atoms with van der Waals surface area (Å²) in [4.78, 5) is 13.9. The van der Waals surface area contributed by atoms with Crippen LogP contribution in [0.2, 0.25) is 0 Å². The van der Waals surface area contributed by atoms with E-state index >= 15 is 0 Å². The Morgan fingerprint density at radius 3 is 2.30 bits per heavy atom. The van der Waals surface area contributed by atoms with Crippen LogP contribution in [-0.2, 0) is 17.8 Å². The number of rotatable bonds is 7. The number of hydrogen-bond acceptors (Lipinski definition) is 4. The van der Waals surface area contributed by atoms with Gasteiger partial charge in [-0.3, -0.25) is 4.79 Å². The number of nitrogens with zero attached hydrogens (tertiary/aromatic N) is 1. The minimum absolute atomic E-state index is 0.0702. The fourth-order valence-corrected chi connectivity index (χ4v) is 2.34. The van der Waals surface area contributed by atoms with Crippen LogP contribution in [0.15, 0.2) is 34.7 Å². The van der Waals surface area contributed by atoms with Crippen molar-refractivity contribution in [2.24, 2.45) is 0 Å². The molecule has 5 heteroatoms. The number of benzene rings is 1. The van der Waals surface area contributed by atoms with Crippen molar-refractivity contribution in [3.05, 3.63) is 47.4 Å². The third kappa shape index (κ3) is 4.77. The zero-order valence-corrected chi connectivity index (χ0v) is 14.1. The largest absolute Gasteiger partial charge is 0.497 e. The van der Waals surface area contributed by atoms with Gasteiger partial charge in [0.05, 0.1) is 20.8 Å². The molecule has 0 fully saturated rings. The zero-order chi connectivity index (χ0) is 16.8. The highest BCUT2D eigenvalue weighted by Crippen LogP contribution is 2.23. The molecule has 0 radical (unpaired) electrons. The summed E-state index contributed by atoms with van der Waals surface area (Å²) < 4.78 is 16.0. The van der Waals surface area contributed by atoms with Gasteiger partial charge in [-0.1, -0.05) is 0 Å². The van der Waals surface area contributed by atoms with E-state index in [4.69, 9.17) is 13.9 Å². The fraction of sp³-hybridized carbons (Fsp3) is 0.389. The molecule has 0 saturated heterocycles. The first-order valence-electron chi connectivity index (χ1n) is 7.53. The predicted octanol–water partition coefficient (Wildman–Crippen LogP) is 3.20. The van der Waals surface area contributed by atoms with Gasteiger partial charge in [0.1, 0.15) is 23.0 Å². The van der Waals surface area contributed by atoms with Gasteiger partial charge in [0.15, 0.2) is 0 Å². The van der Waals surface area contributed by atoms with E-state index in [1.165, 1.54) is 0 Å². The van der Waals surface area contributed by atoms with Crippen LogP contribution in [0, 0.1) is 6.92 Å². The standard InChI is InChI=1S/C18H23NO4/c1-13-5-7-15(23-13)12-19(2)18(20)8-6-14-9-16(21-3)11-17(10-14)22-4/h5,7,9-11H,6,8,12H2,1-4H3. The van der Waals surface area contributed by atoms with Crippen LogP contribution in [0.4, 0.5) is 0 Å². The molecule has 23 heavy (non-hydrogen) atoms.